The van der Waals surface area contributed by atoms with Gasteiger partial charge in [0.1, 0.15) is 18.2 Å². The summed E-state index contributed by atoms with van der Waals surface area (Å²) in [4.78, 5) is 11.3. The van der Waals surface area contributed by atoms with E-state index >= 15 is 0 Å². The number of amides is 1. The van der Waals surface area contributed by atoms with Crippen LogP contribution >= 0.6 is 0 Å². The molecule has 0 aliphatic heterocycles. The van der Waals surface area contributed by atoms with Crippen molar-refractivity contribution in [3.8, 4) is 11.8 Å². The molecule has 0 bridgehead atoms. The number of hydrogen-bond acceptors (Lipinski definition) is 2. The van der Waals surface area contributed by atoms with Crippen molar-refractivity contribution < 1.29 is 26.7 Å². The van der Waals surface area contributed by atoms with Gasteiger partial charge in [-0.25, -0.2) is 0 Å². The molecule has 0 saturated carbocycles. The number of carbonyl (C=O) groups excluding carboxylic acids is 1. The summed E-state index contributed by atoms with van der Waals surface area (Å²) in [6, 6.07) is 0. The molecule has 0 fully saturated rings. The minimum Gasteiger partial charge on any atom is -0.358 e. The van der Waals surface area contributed by atoms with E-state index in [1.165, 1.54) is 7.05 Å². The first-order valence-electron chi connectivity index (χ1n) is 5.95. The van der Waals surface area contributed by atoms with Gasteiger partial charge < -0.3 is 5.32 Å². The summed E-state index contributed by atoms with van der Waals surface area (Å²) in [6.07, 6.45) is -4.87. The zero-order valence-corrected chi connectivity index (χ0v) is 10.6. The maximum absolute atomic E-state index is 14.2. The molecular formula is C12H8F5N3O. The topological polar surface area (TPSA) is 46.9 Å². The lowest BCUT2D eigenvalue weighted by molar-refractivity contribution is -0.142. The van der Waals surface area contributed by atoms with Gasteiger partial charge in [0.05, 0.1) is 5.92 Å². The van der Waals surface area contributed by atoms with Gasteiger partial charge in [0, 0.05) is 12.6 Å². The molecule has 3 rings (SSSR count). The van der Waals surface area contributed by atoms with E-state index in [1.54, 1.807) is 0 Å². The van der Waals surface area contributed by atoms with Crippen molar-refractivity contribution in [3.63, 3.8) is 0 Å². The van der Waals surface area contributed by atoms with E-state index in [0.717, 1.165) is 0 Å². The van der Waals surface area contributed by atoms with Crippen LogP contribution in [0.15, 0.2) is 0 Å². The average molecular weight is 305 g/mol. The quantitative estimate of drug-likeness (QED) is 0.664. The molecule has 2 aliphatic carbocycles. The van der Waals surface area contributed by atoms with Crippen LogP contribution in [0.4, 0.5) is 22.0 Å². The fourth-order valence-corrected chi connectivity index (χ4v) is 2.60. The molecule has 0 radical (unpaired) electrons. The van der Waals surface area contributed by atoms with Gasteiger partial charge in [-0.2, -0.15) is 27.1 Å². The summed E-state index contributed by atoms with van der Waals surface area (Å²) >= 11 is 0. The number of likely N-dealkylation sites (N-methyl/N-ethyl adjacent to an activating group) is 1. The number of fused-ring (bicyclic) bond motifs is 3. The van der Waals surface area contributed by atoms with Gasteiger partial charge in [-0.3, -0.25) is 9.48 Å². The smallest absolute Gasteiger partial charge is 0.358 e. The third kappa shape index (κ3) is 1.74. The highest BCUT2D eigenvalue weighted by molar-refractivity contribution is 5.75. The van der Waals surface area contributed by atoms with Gasteiger partial charge in [-0.1, -0.05) is 11.8 Å². The van der Waals surface area contributed by atoms with Gasteiger partial charge in [0.2, 0.25) is 5.91 Å². The van der Waals surface area contributed by atoms with E-state index in [1.807, 2.05) is 0 Å². The van der Waals surface area contributed by atoms with Crippen molar-refractivity contribution in [2.75, 3.05) is 7.05 Å². The Kier molecular flexibility index (Phi) is 2.61. The summed E-state index contributed by atoms with van der Waals surface area (Å²) in [6.45, 7) is -0.704. The van der Waals surface area contributed by atoms with Crippen molar-refractivity contribution in [2.45, 2.75) is 24.6 Å². The molecule has 1 heterocycles. The molecule has 1 aromatic rings. The minimum atomic E-state index is -4.87. The number of nitrogens with zero attached hydrogens (tertiary/aromatic N) is 2. The average Bonchev–Trinajstić information content (AvgIpc) is 2.72. The SMILES string of the molecule is CNC(=O)Cn1nc(C(F)(F)F)c2c1C(F)(F)C1C#CC21. The normalized spacial score (nSPS) is 24.5. The Morgan fingerprint density at radius 2 is 2.10 bits per heavy atom. The van der Waals surface area contributed by atoms with E-state index < -0.39 is 53.3 Å². The van der Waals surface area contributed by atoms with Crippen LogP contribution in [-0.2, 0) is 23.4 Å². The molecule has 112 valence electrons. The van der Waals surface area contributed by atoms with E-state index in [0.29, 0.717) is 4.68 Å². The fraction of sp³-hybridized carbons (Fsp3) is 0.500. The summed E-state index contributed by atoms with van der Waals surface area (Å²) in [5.41, 5.74) is -2.85. The number of alkyl halides is 5. The van der Waals surface area contributed by atoms with Gasteiger partial charge in [-0.05, 0) is 0 Å². The van der Waals surface area contributed by atoms with Crippen LogP contribution in [0, 0.1) is 17.8 Å². The third-order valence-electron chi connectivity index (χ3n) is 3.57. The van der Waals surface area contributed by atoms with E-state index in [9.17, 15) is 26.7 Å². The Labute approximate surface area is 115 Å². The van der Waals surface area contributed by atoms with Gasteiger partial charge in [0.25, 0.3) is 0 Å². The lowest BCUT2D eigenvalue weighted by atomic mass is 9.84. The third-order valence-corrected chi connectivity index (χ3v) is 3.57. The Bertz CT molecular complexity index is 694. The van der Waals surface area contributed by atoms with Crippen LogP contribution in [0.5, 0.6) is 0 Å². The summed E-state index contributed by atoms with van der Waals surface area (Å²) in [5, 5.41) is 5.35. The number of hydrogen-bond donors (Lipinski definition) is 1. The first-order valence-corrected chi connectivity index (χ1v) is 5.95. The number of halogens is 5. The molecule has 2 atom stereocenters. The van der Waals surface area contributed by atoms with Crippen molar-refractivity contribution in [1.29, 1.82) is 0 Å². The van der Waals surface area contributed by atoms with Crippen molar-refractivity contribution >= 4 is 5.91 Å². The monoisotopic (exact) mass is 305 g/mol. The van der Waals surface area contributed by atoms with Crippen molar-refractivity contribution in [2.24, 2.45) is 5.92 Å². The van der Waals surface area contributed by atoms with Crippen molar-refractivity contribution in [1.82, 2.24) is 15.1 Å². The van der Waals surface area contributed by atoms with E-state index in [2.05, 4.69) is 22.3 Å². The molecule has 0 aromatic carbocycles. The Hall–Kier alpha value is -2.11. The molecule has 4 nitrogen and oxygen atoms in total. The largest absolute Gasteiger partial charge is 0.435 e. The second-order valence-corrected chi connectivity index (χ2v) is 4.81. The van der Waals surface area contributed by atoms with Gasteiger partial charge in [0.15, 0.2) is 5.69 Å². The van der Waals surface area contributed by atoms with Crippen LogP contribution in [0.2, 0.25) is 0 Å². The highest BCUT2D eigenvalue weighted by atomic mass is 19.4. The molecular weight excluding hydrogens is 297 g/mol. The molecule has 1 N–H and O–H groups in total. The predicted molar refractivity (Wildman–Crippen MR) is 59.2 cm³/mol. The van der Waals surface area contributed by atoms with Crippen molar-refractivity contribution in [3.05, 3.63) is 17.0 Å². The van der Waals surface area contributed by atoms with Crippen LogP contribution < -0.4 is 5.32 Å². The number of rotatable bonds is 2. The zero-order valence-electron chi connectivity index (χ0n) is 10.6. The molecule has 0 saturated heterocycles. The molecule has 9 heteroatoms. The molecule has 1 amide bonds. The molecule has 2 unspecified atom stereocenters. The first kappa shape index (κ1) is 13.9. The second-order valence-electron chi connectivity index (χ2n) is 4.81. The van der Waals surface area contributed by atoms with Crippen LogP contribution in [0.3, 0.4) is 0 Å². The number of carbonyl (C=O) groups is 1. The maximum atomic E-state index is 14.2. The minimum absolute atomic E-state index is 0.429. The van der Waals surface area contributed by atoms with Crippen LogP contribution in [-0.4, -0.2) is 22.7 Å². The Morgan fingerprint density at radius 3 is 2.57 bits per heavy atom. The summed E-state index contributed by atoms with van der Waals surface area (Å²) in [5.74, 6) is -2.39. The number of nitrogens with one attached hydrogen (secondary N) is 1. The fourth-order valence-electron chi connectivity index (χ4n) is 2.60. The van der Waals surface area contributed by atoms with Gasteiger partial charge in [-0.15, -0.1) is 0 Å². The highest BCUT2D eigenvalue weighted by Crippen LogP contribution is 2.57. The van der Waals surface area contributed by atoms with E-state index in [4.69, 9.17) is 0 Å². The Balaban J connectivity index is 2.18. The lowest BCUT2D eigenvalue weighted by Crippen LogP contribution is -2.31. The van der Waals surface area contributed by atoms with Crippen LogP contribution in [0.25, 0.3) is 0 Å². The van der Waals surface area contributed by atoms with Gasteiger partial charge >= 0.3 is 12.1 Å². The lowest BCUT2D eigenvalue weighted by Gasteiger charge is -2.23. The standard InChI is InChI=1S/C12H8F5N3O/c1-18-7(21)4-20-10-8(9(19-20)12(15,16)17)5-2-3-6(5)11(10,13)14/h5-6H,4H2,1H3,(H,18,21). The molecule has 21 heavy (non-hydrogen) atoms. The number of aromatic nitrogens is 2. The Morgan fingerprint density at radius 1 is 1.43 bits per heavy atom. The molecule has 1 aromatic heterocycles. The maximum Gasteiger partial charge on any atom is 0.435 e. The predicted octanol–water partition coefficient (Wildman–Crippen LogP) is 1.47. The second kappa shape index (κ2) is 3.96. The summed E-state index contributed by atoms with van der Waals surface area (Å²) in [7, 11) is 1.25. The van der Waals surface area contributed by atoms with E-state index in [-0.39, 0.29) is 0 Å². The molecule has 2 aliphatic rings. The highest BCUT2D eigenvalue weighted by Gasteiger charge is 2.62. The van der Waals surface area contributed by atoms with Crippen LogP contribution in [0.1, 0.15) is 22.9 Å². The summed E-state index contributed by atoms with van der Waals surface area (Å²) < 4.78 is 67.8. The molecule has 0 spiro atoms. The first-order chi connectivity index (χ1) is 9.67. The zero-order chi connectivity index (χ0) is 15.6.